The Morgan fingerprint density at radius 1 is 1.62 bits per heavy atom. The molecule has 6 nitrogen and oxygen atoms in total. The highest BCUT2D eigenvalue weighted by Gasteiger charge is 2.08. The molecule has 2 aromatic rings. The number of carbonyl (C=O) groups is 1. The van der Waals surface area contributed by atoms with Crippen LogP contribution in [0.3, 0.4) is 0 Å². The number of H-pyrrole nitrogens is 1. The van der Waals surface area contributed by atoms with Crippen molar-refractivity contribution in [1.29, 1.82) is 0 Å². The number of aromatic nitrogens is 4. The Morgan fingerprint density at radius 2 is 2.54 bits per heavy atom. The molecule has 2 aromatic heterocycles. The lowest BCUT2D eigenvalue weighted by molar-refractivity contribution is 0.102. The number of anilines is 1. The summed E-state index contributed by atoms with van der Waals surface area (Å²) in [6.45, 7) is 0. The van der Waals surface area contributed by atoms with Crippen molar-refractivity contribution in [2.24, 2.45) is 0 Å². The molecule has 0 unspecified atom stereocenters. The first-order valence-corrected chi connectivity index (χ1v) is 4.27. The van der Waals surface area contributed by atoms with Gasteiger partial charge in [0.25, 0.3) is 5.91 Å². The van der Waals surface area contributed by atoms with E-state index >= 15 is 0 Å². The van der Waals surface area contributed by atoms with E-state index in [1.165, 1.54) is 6.20 Å². The van der Waals surface area contributed by atoms with Crippen LogP contribution in [0.15, 0.2) is 17.8 Å². The molecule has 2 N–H and O–H groups in total. The SMILES string of the molecule is O=C(Nc1cn[nH]c1)c1csnn1. The summed E-state index contributed by atoms with van der Waals surface area (Å²) in [5, 5.41) is 14.1. The summed E-state index contributed by atoms with van der Waals surface area (Å²) < 4.78 is 3.58. The van der Waals surface area contributed by atoms with E-state index in [1.54, 1.807) is 11.6 Å². The van der Waals surface area contributed by atoms with Crippen molar-refractivity contribution in [2.45, 2.75) is 0 Å². The van der Waals surface area contributed by atoms with Crippen molar-refractivity contribution in [1.82, 2.24) is 19.8 Å². The maximum absolute atomic E-state index is 11.3. The second-order valence-corrected chi connectivity index (χ2v) is 2.84. The summed E-state index contributed by atoms with van der Waals surface area (Å²) in [7, 11) is 0. The van der Waals surface area contributed by atoms with Crippen LogP contribution < -0.4 is 5.32 Å². The van der Waals surface area contributed by atoms with Gasteiger partial charge in [0.1, 0.15) is 0 Å². The zero-order valence-electron chi connectivity index (χ0n) is 6.39. The lowest BCUT2D eigenvalue weighted by Crippen LogP contribution is -2.11. The molecule has 0 bridgehead atoms. The zero-order chi connectivity index (χ0) is 9.10. The van der Waals surface area contributed by atoms with Crippen LogP contribution in [-0.4, -0.2) is 25.7 Å². The predicted octanol–water partition coefficient (Wildman–Crippen LogP) is 0.513. The van der Waals surface area contributed by atoms with E-state index in [4.69, 9.17) is 0 Å². The van der Waals surface area contributed by atoms with Gasteiger partial charge in [-0.15, -0.1) is 5.10 Å². The van der Waals surface area contributed by atoms with E-state index < -0.39 is 0 Å². The number of rotatable bonds is 2. The van der Waals surface area contributed by atoms with E-state index in [9.17, 15) is 4.79 Å². The first-order chi connectivity index (χ1) is 6.36. The first-order valence-electron chi connectivity index (χ1n) is 3.43. The van der Waals surface area contributed by atoms with Crippen LogP contribution in [0.1, 0.15) is 10.5 Å². The smallest absolute Gasteiger partial charge is 0.277 e. The molecule has 2 heterocycles. The third-order valence-corrected chi connectivity index (χ3v) is 1.85. The van der Waals surface area contributed by atoms with Gasteiger partial charge in [0.05, 0.1) is 11.9 Å². The summed E-state index contributed by atoms with van der Waals surface area (Å²) >= 11 is 1.14. The van der Waals surface area contributed by atoms with Crippen LogP contribution >= 0.6 is 11.5 Å². The number of carbonyl (C=O) groups excluding carboxylic acids is 1. The number of nitrogens with zero attached hydrogens (tertiary/aromatic N) is 3. The van der Waals surface area contributed by atoms with E-state index in [2.05, 4.69) is 25.1 Å². The highest BCUT2D eigenvalue weighted by Crippen LogP contribution is 2.04. The molecule has 0 radical (unpaired) electrons. The molecule has 0 fully saturated rings. The Bertz CT molecular complexity index is 381. The number of amides is 1. The topological polar surface area (TPSA) is 83.6 Å². The quantitative estimate of drug-likeness (QED) is 0.731. The molecular formula is C6H5N5OS. The van der Waals surface area contributed by atoms with Crippen LogP contribution in [0, 0.1) is 0 Å². The molecule has 0 aliphatic carbocycles. The molecule has 0 aromatic carbocycles. The summed E-state index contributed by atoms with van der Waals surface area (Å²) in [5.41, 5.74) is 0.921. The molecule has 0 aliphatic heterocycles. The van der Waals surface area contributed by atoms with Crippen LogP contribution in [0.5, 0.6) is 0 Å². The minimum absolute atomic E-state index is 0.282. The summed E-state index contributed by atoms with van der Waals surface area (Å²) in [6.07, 6.45) is 3.09. The van der Waals surface area contributed by atoms with Gasteiger partial charge in [0, 0.05) is 11.6 Å². The Kier molecular flexibility index (Phi) is 2.01. The predicted molar refractivity (Wildman–Crippen MR) is 46.4 cm³/mol. The molecule has 7 heteroatoms. The second kappa shape index (κ2) is 3.31. The molecule has 0 aliphatic rings. The van der Waals surface area contributed by atoms with Gasteiger partial charge in [-0.1, -0.05) is 4.49 Å². The standard InChI is InChI=1S/C6H5N5OS/c12-6(5-3-13-11-10-5)9-4-1-7-8-2-4/h1-3H,(H,7,8)(H,9,12). The van der Waals surface area contributed by atoms with Gasteiger partial charge in [-0.3, -0.25) is 9.89 Å². The number of hydrogen-bond acceptors (Lipinski definition) is 5. The van der Waals surface area contributed by atoms with E-state index in [0.717, 1.165) is 11.5 Å². The minimum atomic E-state index is -0.282. The highest BCUT2D eigenvalue weighted by atomic mass is 32.1. The van der Waals surface area contributed by atoms with Gasteiger partial charge in [-0.05, 0) is 11.5 Å². The molecule has 1 amide bonds. The largest absolute Gasteiger partial charge is 0.318 e. The van der Waals surface area contributed by atoms with Gasteiger partial charge < -0.3 is 5.32 Å². The third-order valence-electron chi connectivity index (χ3n) is 1.35. The molecule has 2 rings (SSSR count). The fraction of sp³-hybridized carbons (Fsp3) is 0. The molecule has 0 saturated carbocycles. The average molecular weight is 195 g/mol. The monoisotopic (exact) mass is 195 g/mol. The van der Waals surface area contributed by atoms with E-state index in [0.29, 0.717) is 11.4 Å². The van der Waals surface area contributed by atoms with E-state index in [-0.39, 0.29) is 5.91 Å². The van der Waals surface area contributed by atoms with Gasteiger partial charge in [-0.25, -0.2) is 0 Å². The fourth-order valence-electron chi connectivity index (χ4n) is 0.778. The molecule has 0 spiro atoms. The Hall–Kier alpha value is -1.76. The molecule has 0 atom stereocenters. The van der Waals surface area contributed by atoms with Gasteiger partial charge in [-0.2, -0.15) is 5.10 Å². The fourth-order valence-corrected chi connectivity index (χ4v) is 1.21. The molecule has 0 saturated heterocycles. The van der Waals surface area contributed by atoms with Crippen molar-refractivity contribution in [3.05, 3.63) is 23.5 Å². The molecule has 66 valence electrons. The summed E-state index contributed by atoms with van der Waals surface area (Å²) in [5.74, 6) is -0.282. The first kappa shape index (κ1) is 7.87. The lowest BCUT2D eigenvalue weighted by Gasteiger charge is -1.95. The normalized spacial score (nSPS) is 9.85. The summed E-state index contributed by atoms with van der Waals surface area (Å²) in [4.78, 5) is 11.3. The van der Waals surface area contributed by atoms with Crippen molar-refractivity contribution in [3.8, 4) is 0 Å². The Morgan fingerprint density at radius 3 is 3.15 bits per heavy atom. The van der Waals surface area contributed by atoms with Crippen molar-refractivity contribution >= 4 is 23.1 Å². The van der Waals surface area contributed by atoms with E-state index in [1.807, 2.05) is 0 Å². The maximum Gasteiger partial charge on any atom is 0.277 e. The van der Waals surface area contributed by atoms with Crippen LogP contribution in [0.4, 0.5) is 5.69 Å². The number of hydrogen-bond donors (Lipinski definition) is 2. The van der Waals surface area contributed by atoms with Crippen LogP contribution in [0.2, 0.25) is 0 Å². The Labute approximate surface area is 77.2 Å². The van der Waals surface area contributed by atoms with Crippen molar-refractivity contribution < 1.29 is 4.79 Å². The van der Waals surface area contributed by atoms with Crippen molar-refractivity contribution in [2.75, 3.05) is 5.32 Å². The number of aromatic amines is 1. The average Bonchev–Trinajstić information content (AvgIpc) is 2.74. The Balaban J connectivity index is 2.08. The summed E-state index contributed by atoms with van der Waals surface area (Å²) in [6, 6.07) is 0. The number of nitrogens with one attached hydrogen (secondary N) is 2. The third kappa shape index (κ3) is 1.70. The van der Waals surface area contributed by atoms with Crippen LogP contribution in [-0.2, 0) is 0 Å². The van der Waals surface area contributed by atoms with Gasteiger partial charge in [0.2, 0.25) is 0 Å². The van der Waals surface area contributed by atoms with Gasteiger partial charge in [0.15, 0.2) is 5.69 Å². The van der Waals surface area contributed by atoms with Crippen LogP contribution in [0.25, 0.3) is 0 Å². The van der Waals surface area contributed by atoms with Crippen molar-refractivity contribution in [3.63, 3.8) is 0 Å². The van der Waals surface area contributed by atoms with Gasteiger partial charge >= 0.3 is 0 Å². The lowest BCUT2D eigenvalue weighted by atomic mass is 10.4. The second-order valence-electron chi connectivity index (χ2n) is 2.23. The zero-order valence-corrected chi connectivity index (χ0v) is 7.21. The molecule has 13 heavy (non-hydrogen) atoms. The highest BCUT2D eigenvalue weighted by molar-refractivity contribution is 7.03. The molecular weight excluding hydrogens is 190 g/mol. The maximum atomic E-state index is 11.3. The minimum Gasteiger partial charge on any atom is -0.318 e.